The van der Waals surface area contributed by atoms with Crippen LogP contribution in [0.15, 0.2) is 334 Å². The molecule has 5 heterocycles. The topological polar surface area (TPSA) is 98.0 Å². The van der Waals surface area contributed by atoms with Crippen LogP contribution in [0.25, 0.3) is 159 Å². The van der Waals surface area contributed by atoms with Gasteiger partial charge >= 0.3 is 0 Å². The van der Waals surface area contributed by atoms with Gasteiger partial charge in [-0.25, -0.2) is 0 Å². The minimum Gasteiger partial charge on any atom is -0.455 e. The van der Waals surface area contributed by atoms with Crippen molar-refractivity contribution in [3.05, 3.63) is 355 Å². The Hall–Kier alpha value is -11.5. The highest BCUT2D eigenvalue weighted by atomic mass is 79.9. The summed E-state index contributed by atoms with van der Waals surface area (Å²) in [5, 5.41) is 28.9. The van der Waals surface area contributed by atoms with E-state index in [1.807, 2.05) is 127 Å². The quantitative estimate of drug-likeness (QED) is 0.183. The Labute approximate surface area is 644 Å². The molecule has 0 aliphatic heterocycles. The van der Waals surface area contributed by atoms with E-state index in [0.29, 0.717) is 49.1 Å². The molecule has 508 valence electrons. The molecule has 2 aliphatic carbocycles. The second kappa shape index (κ2) is 24.5. The molecule has 0 radical (unpaired) electrons. The van der Waals surface area contributed by atoms with Crippen molar-refractivity contribution in [3.8, 4) is 27.9 Å². The molecule has 2 aliphatic rings. The largest absolute Gasteiger partial charge is 0.455 e. The average Bonchev–Trinajstić information content (AvgIpc) is 1.51. The maximum atomic E-state index is 13.9. The van der Waals surface area contributed by atoms with Crippen molar-refractivity contribution in [3.63, 3.8) is 0 Å². The first-order valence-corrected chi connectivity index (χ1v) is 38.0. The molecule has 0 saturated carbocycles. The molecule has 21 aromatic rings. The standard InChI is InChI=1S/C47H25BrClNO3.C29H12BrClO3.C18H14BrN/c48-34-23-32-43(42-29-15-5-10-20-39(29)52-45(34)42)44-33(24-35(49)41-30-21-25-11-1-2-12-26(25)22-40(30)53-46(41)44)47(32,51)31-16-6-9-19-38(31)50-36-17-7-3-13-27(36)28-14-4-8-18-37(28)50;30-19-11-17-24(25-15-7-3-4-8-21(15)33-28(19)25)26-18(27(17)32)12-20(31)23-16-9-13-5-1-2-6-14(13)10-22(16)34-29(23)26;19-17-13-7-8-14-18(17)20(15-9-3-1-4-10-15)16-11-5-2-6-12-16/h1-24,51H;1-12H;1-14H. The molecule has 8 nitrogen and oxygen atoms in total. The maximum Gasteiger partial charge on any atom is 0.194 e. The van der Waals surface area contributed by atoms with E-state index in [1.54, 1.807) is 6.07 Å². The number of furan rings is 4. The van der Waals surface area contributed by atoms with Gasteiger partial charge in [-0.1, -0.05) is 211 Å². The zero-order valence-corrected chi connectivity index (χ0v) is 62.4. The van der Waals surface area contributed by atoms with E-state index in [1.165, 1.54) is 0 Å². The van der Waals surface area contributed by atoms with Crippen molar-refractivity contribution in [2.45, 2.75) is 5.60 Å². The fraction of sp³-hybridized carbons (Fsp3) is 0.0106. The van der Waals surface area contributed by atoms with E-state index in [2.05, 4.69) is 227 Å². The second-order valence-corrected chi connectivity index (χ2v) is 30.5. The number of carbonyl (C=O) groups is 1. The van der Waals surface area contributed by atoms with Crippen LogP contribution in [0.1, 0.15) is 32.6 Å². The molecule has 0 spiro atoms. The van der Waals surface area contributed by atoms with Crippen LogP contribution in [0.5, 0.6) is 0 Å². The number of ketones is 1. The molecule has 107 heavy (non-hydrogen) atoms. The molecule has 1 N–H and O–H groups in total. The Morgan fingerprint density at radius 2 is 0.766 bits per heavy atom. The van der Waals surface area contributed by atoms with Gasteiger partial charge in [0.2, 0.25) is 0 Å². The summed E-state index contributed by atoms with van der Waals surface area (Å²) in [5.74, 6) is -0.0627. The van der Waals surface area contributed by atoms with Crippen LogP contribution in [0.2, 0.25) is 10.0 Å². The van der Waals surface area contributed by atoms with Gasteiger partial charge in [-0.15, -0.1) is 0 Å². The van der Waals surface area contributed by atoms with Crippen molar-refractivity contribution >= 4 is 225 Å². The van der Waals surface area contributed by atoms with E-state index in [0.717, 1.165) is 178 Å². The number of rotatable bonds is 5. The van der Waals surface area contributed by atoms with Gasteiger partial charge in [-0.05, 0) is 185 Å². The lowest BCUT2D eigenvalue weighted by Crippen LogP contribution is -2.28. The normalized spacial score (nSPS) is 13.8. The van der Waals surface area contributed by atoms with Gasteiger partial charge in [0.25, 0.3) is 0 Å². The van der Waals surface area contributed by atoms with Crippen molar-refractivity contribution in [2.75, 3.05) is 4.90 Å². The molecule has 23 rings (SSSR count). The number of aromatic nitrogens is 1. The molecular formula is C94H51Br3Cl2N2O6. The molecule has 0 amide bonds. The number of anilines is 3. The van der Waals surface area contributed by atoms with E-state index < -0.39 is 5.60 Å². The summed E-state index contributed by atoms with van der Waals surface area (Å²) in [6.45, 7) is 0. The number of nitrogens with zero attached hydrogens (tertiary/aromatic N) is 2. The van der Waals surface area contributed by atoms with E-state index in [4.69, 9.17) is 40.9 Å². The first kappa shape index (κ1) is 63.9. The highest BCUT2D eigenvalue weighted by molar-refractivity contribution is 9.11. The lowest BCUT2D eigenvalue weighted by Gasteiger charge is -2.30. The lowest BCUT2D eigenvalue weighted by atomic mass is 9.82. The van der Waals surface area contributed by atoms with Crippen LogP contribution >= 0.6 is 71.0 Å². The molecule has 5 aromatic heterocycles. The minimum absolute atomic E-state index is 0.0627. The van der Waals surface area contributed by atoms with E-state index in [-0.39, 0.29) is 5.78 Å². The van der Waals surface area contributed by atoms with Crippen LogP contribution in [0, 0.1) is 0 Å². The van der Waals surface area contributed by atoms with Crippen molar-refractivity contribution in [2.24, 2.45) is 0 Å². The van der Waals surface area contributed by atoms with Crippen LogP contribution in [0.3, 0.4) is 0 Å². The summed E-state index contributed by atoms with van der Waals surface area (Å²) in [6.07, 6.45) is 0. The molecule has 0 bridgehead atoms. The van der Waals surface area contributed by atoms with E-state index in [9.17, 15) is 9.90 Å². The highest BCUT2D eigenvalue weighted by Gasteiger charge is 2.49. The predicted octanol–water partition coefficient (Wildman–Crippen LogP) is 28.6. The molecule has 0 fully saturated rings. The SMILES string of the molecule is Brc1ccccc1N(c1ccccc1)c1ccccc1.O=C1c2cc(Cl)c3c(oc4cc5ccccc5cc43)c2-c2c1cc(Br)c1oc3ccccc3c21.OC1(c2ccccc2-n2c3ccccc3c3ccccc32)c2cc(Cl)c3c(oc4cc5ccccc5cc43)c2-c2c1cc(Br)c1oc3ccccc3c21. The minimum atomic E-state index is -1.65. The zero-order valence-electron chi connectivity index (χ0n) is 56.1. The first-order chi connectivity index (χ1) is 52.5. The van der Waals surface area contributed by atoms with Crippen molar-refractivity contribution in [1.82, 2.24) is 4.57 Å². The Balaban J connectivity index is 0.000000115. The van der Waals surface area contributed by atoms with Gasteiger partial charge < -0.3 is 32.2 Å². The number of para-hydroxylation sites is 8. The van der Waals surface area contributed by atoms with Crippen LogP contribution < -0.4 is 4.90 Å². The summed E-state index contributed by atoms with van der Waals surface area (Å²) in [6, 6.07) is 102. The number of halogens is 5. The number of carbonyl (C=O) groups excluding carboxylic acids is 1. The molecule has 1 unspecified atom stereocenters. The van der Waals surface area contributed by atoms with E-state index >= 15 is 0 Å². The first-order valence-electron chi connectivity index (χ1n) is 34.9. The highest BCUT2D eigenvalue weighted by Crippen LogP contribution is 2.61. The third-order valence-corrected chi connectivity index (χ3v) is 23.8. The molecule has 16 aromatic carbocycles. The Bertz CT molecular complexity index is 7310. The van der Waals surface area contributed by atoms with Crippen LogP contribution in [-0.2, 0) is 5.60 Å². The summed E-state index contributed by atoms with van der Waals surface area (Å²) in [7, 11) is 0. The fourth-order valence-corrected chi connectivity index (χ4v) is 18.9. The smallest absolute Gasteiger partial charge is 0.194 e. The summed E-state index contributed by atoms with van der Waals surface area (Å²) >= 11 is 25.3. The third-order valence-electron chi connectivity index (χ3n) is 21.3. The number of aliphatic hydroxyl groups is 1. The number of fused-ring (bicyclic) bond motifs is 27. The van der Waals surface area contributed by atoms with Crippen LogP contribution in [0.4, 0.5) is 17.1 Å². The summed E-state index contributed by atoms with van der Waals surface area (Å²) in [4.78, 5) is 15.8. The average molecular weight is 1620 g/mol. The molecule has 1 atom stereocenters. The van der Waals surface area contributed by atoms with Gasteiger partial charge in [-0.3, -0.25) is 4.79 Å². The predicted molar refractivity (Wildman–Crippen MR) is 448 cm³/mol. The van der Waals surface area contributed by atoms with Gasteiger partial charge in [0, 0.05) is 120 Å². The third kappa shape index (κ3) is 9.58. The van der Waals surface area contributed by atoms with Gasteiger partial charge in [-0.2, -0.15) is 0 Å². The Morgan fingerprint density at radius 1 is 0.336 bits per heavy atom. The summed E-state index contributed by atoms with van der Waals surface area (Å²) in [5.41, 5.74) is 17.0. The molecule has 13 heteroatoms. The van der Waals surface area contributed by atoms with Crippen LogP contribution in [-0.4, -0.2) is 15.5 Å². The zero-order chi connectivity index (χ0) is 71.7. The molecular weight excluding hydrogens is 1560 g/mol. The number of hydrogen-bond acceptors (Lipinski definition) is 7. The summed E-state index contributed by atoms with van der Waals surface area (Å²) < 4.78 is 31.0. The fourth-order valence-electron chi connectivity index (χ4n) is 16.8. The van der Waals surface area contributed by atoms with Crippen molar-refractivity contribution in [1.29, 1.82) is 0 Å². The second-order valence-electron chi connectivity index (χ2n) is 27.1. The maximum absolute atomic E-state index is 13.9. The van der Waals surface area contributed by atoms with Gasteiger partial charge in [0.15, 0.2) is 5.78 Å². The van der Waals surface area contributed by atoms with Gasteiger partial charge in [0.1, 0.15) is 50.3 Å². The lowest BCUT2D eigenvalue weighted by molar-refractivity contribution is 0.104. The number of hydrogen-bond donors (Lipinski definition) is 1. The van der Waals surface area contributed by atoms with Crippen molar-refractivity contribution < 1.29 is 27.6 Å². The Morgan fingerprint density at radius 3 is 1.35 bits per heavy atom. The van der Waals surface area contributed by atoms with Gasteiger partial charge in [0.05, 0.1) is 41.4 Å². The molecule has 0 saturated heterocycles. The number of benzene rings is 16. The monoisotopic (exact) mass is 1610 g/mol. The Kier molecular flexibility index (Phi) is 14.7.